The smallest absolute Gasteiger partial charge is 0.352 e. The number of aliphatic carboxylic acids is 1. The second kappa shape index (κ2) is 8.85. The fraction of sp³-hybridized carbons (Fsp3) is 0.188. The summed E-state index contributed by atoms with van der Waals surface area (Å²) in [6.45, 7) is 0. The van der Waals surface area contributed by atoms with Gasteiger partial charge in [0.15, 0.2) is 10.8 Å². The Morgan fingerprint density at radius 3 is 2.78 bits per heavy atom. The van der Waals surface area contributed by atoms with Gasteiger partial charge in [-0.25, -0.2) is 9.78 Å². The number of nitrogens with two attached hydrogens (primary N) is 1. The van der Waals surface area contributed by atoms with Gasteiger partial charge in [-0.15, -0.1) is 28.2 Å². The summed E-state index contributed by atoms with van der Waals surface area (Å²) in [6, 6.07) is -1.00. The van der Waals surface area contributed by atoms with Crippen LogP contribution < -0.4 is 11.1 Å². The zero-order valence-corrected chi connectivity index (χ0v) is 18.8. The molecule has 4 rings (SSSR count). The number of nitrogens with zero attached hydrogens (tertiary/aromatic N) is 5. The van der Waals surface area contributed by atoms with Gasteiger partial charge in [0.1, 0.15) is 32.8 Å². The average molecular weight is 514 g/mol. The predicted molar refractivity (Wildman–Crippen MR) is 118 cm³/mol. The number of halogens is 1. The molecule has 5 N–H and O–H groups in total. The monoisotopic (exact) mass is 513 g/mol. The molecule has 0 spiro atoms. The number of fused-ring (bicyclic) bond motifs is 1. The van der Waals surface area contributed by atoms with Gasteiger partial charge in [0.2, 0.25) is 0 Å². The van der Waals surface area contributed by atoms with Crippen LogP contribution >= 0.6 is 46.2 Å². The summed E-state index contributed by atoms with van der Waals surface area (Å²) >= 11 is 9.27. The summed E-state index contributed by atoms with van der Waals surface area (Å²) in [4.78, 5) is 42.1. The van der Waals surface area contributed by atoms with Crippen LogP contribution in [0.5, 0.6) is 0 Å². The zero-order valence-electron chi connectivity index (χ0n) is 15.6. The van der Waals surface area contributed by atoms with Crippen LogP contribution in [0.2, 0.25) is 4.34 Å². The summed E-state index contributed by atoms with van der Waals surface area (Å²) in [5, 5.41) is 29.1. The number of carboxylic acids is 1. The van der Waals surface area contributed by atoms with Gasteiger partial charge >= 0.3 is 5.97 Å². The van der Waals surface area contributed by atoms with Gasteiger partial charge < -0.3 is 21.4 Å². The lowest BCUT2D eigenvalue weighted by Gasteiger charge is -2.49. The zero-order chi connectivity index (χ0) is 23.0. The van der Waals surface area contributed by atoms with E-state index in [0.29, 0.717) is 15.6 Å². The van der Waals surface area contributed by atoms with Crippen molar-refractivity contribution < 1.29 is 24.7 Å². The van der Waals surface area contributed by atoms with Gasteiger partial charge in [0, 0.05) is 22.7 Å². The van der Waals surface area contributed by atoms with Crippen molar-refractivity contribution in [2.45, 2.75) is 11.4 Å². The molecular formula is C16H12ClN7O5S3. The summed E-state index contributed by atoms with van der Waals surface area (Å²) in [7, 11) is 0. The largest absolute Gasteiger partial charge is 0.477 e. The van der Waals surface area contributed by atoms with Gasteiger partial charge in [0.05, 0.1) is 0 Å². The molecule has 2 aliphatic rings. The number of carbonyl (C=O) groups is 3. The lowest BCUT2D eigenvalue weighted by atomic mass is 10.0. The maximum Gasteiger partial charge on any atom is 0.352 e. The summed E-state index contributed by atoms with van der Waals surface area (Å²) in [5.74, 6) is -2.47. The SMILES string of the molecule is Nc1nc(/C(=N/O)C(=O)NC2C(=O)N3C(C(=O)O)=C(/C=C\c4nnsc4Cl)CS[C@@H]23)cs1. The van der Waals surface area contributed by atoms with Crippen LogP contribution in [0, 0.1) is 0 Å². The van der Waals surface area contributed by atoms with Crippen molar-refractivity contribution in [1.82, 2.24) is 24.8 Å². The first kappa shape index (κ1) is 22.2. The lowest BCUT2D eigenvalue weighted by molar-refractivity contribution is -0.150. The Morgan fingerprint density at radius 2 is 2.19 bits per heavy atom. The van der Waals surface area contributed by atoms with Crippen molar-refractivity contribution in [3.8, 4) is 0 Å². The van der Waals surface area contributed by atoms with E-state index >= 15 is 0 Å². The van der Waals surface area contributed by atoms with Crippen LogP contribution in [0.3, 0.4) is 0 Å². The summed E-state index contributed by atoms with van der Waals surface area (Å²) < 4.78 is 4.05. The molecule has 2 aromatic rings. The first-order valence-corrected chi connectivity index (χ1v) is 11.7. The van der Waals surface area contributed by atoms with Crippen molar-refractivity contribution in [3.05, 3.63) is 38.5 Å². The van der Waals surface area contributed by atoms with Crippen molar-refractivity contribution in [1.29, 1.82) is 0 Å². The van der Waals surface area contributed by atoms with Crippen LogP contribution in [0.1, 0.15) is 11.4 Å². The molecule has 1 unspecified atom stereocenters. The Kier molecular flexibility index (Phi) is 6.14. The van der Waals surface area contributed by atoms with E-state index in [1.165, 1.54) is 29.3 Å². The number of thioether (sulfide) groups is 1. The highest BCUT2D eigenvalue weighted by atomic mass is 35.5. The number of thiazole rings is 1. The molecule has 166 valence electrons. The number of allylic oxidation sites excluding steroid dienone is 1. The Hall–Kier alpha value is -3.01. The maximum atomic E-state index is 12.7. The average Bonchev–Trinajstić information content (AvgIpc) is 3.37. The van der Waals surface area contributed by atoms with Crippen LogP contribution in [-0.4, -0.2) is 70.4 Å². The number of hydrogen-bond acceptors (Lipinski definition) is 12. The number of carbonyl (C=O) groups excluding carboxylic acids is 2. The fourth-order valence-corrected chi connectivity index (χ4v) is 5.52. The van der Waals surface area contributed by atoms with Crippen molar-refractivity contribution >= 4 is 80.9 Å². The summed E-state index contributed by atoms with van der Waals surface area (Å²) in [5.41, 5.74) is 5.77. The third kappa shape index (κ3) is 3.94. The number of rotatable bonds is 6. The van der Waals surface area contributed by atoms with Gasteiger partial charge in [-0.05, 0) is 11.6 Å². The maximum absolute atomic E-state index is 12.7. The predicted octanol–water partition coefficient (Wildman–Crippen LogP) is 0.861. The van der Waals surface area contributed by atoms with E-state index in [4.69, 9.17) is 17.3 Å². The number of carboxylic acid groups (broad SMARTS) is 1. The number of β-lactam (4-membered cyclic amide) rings is 1. The van der Waals surface area contributed by atoms with E-state index in [1.54, 1.807) is 0 Å². The minimum atomic E-state index is -1.29. The minimum absolute atomic E-state index is 0.0566. The van der Waals surface area contributed by atoms with Crippen LogP contribution in [0.25, 0.3) is 6.08 Å². The van der Waals surface area contributed by atoms with Crippen LogP contribution in [0.15, 0.2) is 27.9 Å². The summed E-state index contributed by atoms with van der Waals surface area (Å²) in [6.07, 6.45) is 3.05. The molecule has 0 bridgehead atoms. The molecule has 0 aliphatic carbocycles. The molecular weight excluding hydrogens is 502 g/mol. The quantitative estimate of drug-likeness (QED) is 0.187. The molecule has 32 heavy (non-hydrogen) atoms. The molecule has 1 saturated heterocycles. The third-order valence-corrected chi connectivity index (χ3v) is 7.39. The van der Waals surface area contributed by atoms with Gasteiger partial charge in [-0.2, -0.15) is 0 Å². The number of aromatic nitrogens is 3. The Balaban J connectivity index is 1.53. The Bertz CT molecular complexity index is 1210. The van der Waals surface area contributed by atoms with Crippen molar-refractivity contribution in [2.24, 2.45) is 5.16 Å². The van der Waals surface area contributed by atoms with Crippen molar-refractivity contribution in [2.75, 3.05) is 11.5 Å². The van der Waals surface area contributed by atoms with Gasteiger partial charge in [-0.3, -0.25) is 14.5 Å². The normalized spacial score (nSPS) is 21.0. The molecule has 2 aromatic heterocycles. The van der Waals surface area contributed by atoms with E-state index in [1.807, 2.05) is 0 Å². The third-order valence-electron chi connectivity index (χ3n) is 4.48. The molecule has 0 aromatic carbocycles. The number of oxime groups is 1. The van der Waals surface area contributed by atoms with Gasteiger partial charge in [-0.1, -0.05) is 27.3 Å². The Morgan fingerprint density at radius 1 is 1.41 bits per heavy atom. The number of hydrogen-bond donors (Lipinski definition) is 4. The number of anilines is 1. The Labute approximate surface area is 196 Å². The van der Waals surface area contributed by atoms with Crippen LogP contribution in [0.4, 0.5) is 5.13 Å². The molecule has 4 heterocycles. The van der Waals surface area contributed by atoms with Gasteiger partial charge in [0.25, 0.3) is 11.8 Å². The van der Waals surface area contributed by atoms with E-state index in [0.717, 1.165) is 27.8 Å². The minimum Gasteiger partial charge on any atom is -0.477 e. The topological polar surface area (TPSA) is 184 Å². The first-order valence-electron chi connectivity index (χ1n) is 8.63. The highest BCUT2D eigenvalue weighted by Crippen LogP contribution is 2.41. The molecule has 0 saturated carbocycles. The van der Waals surface area contributed by atoms with E-state index < -0.39 is 34.9 Å². The second-order valence-corrected chi connectivity index (χ2v) is 9.68. The molecule has 1 fully saturated rings. The second-order valence-electron chi connectivity index (χ2n) is 6.32. The highest BCUT2D eigenvalue weighted by Gasteiger charge is 2.54. The van der Waals surface area contributed by atoms with E-state index in [-0.39, 0.29) is 22.3 Å². The molecule has 0 radical (unpaired) electrons. The highest BCUT2D eigenvalue weighted by molar-refractivity contribution is 8.00. The number of amides is 2. The van der Waals surface area contributed by atoms with E-state index in [2.05, 4.69) is 25.0 Å². The number of nitrogen functional groups attached to an aromatic ring is 1. The van der Waals surface area contributed by atoms with E-state index in [9.17, 15) is 24.7 Å². The molecule has 2 amide bonds. The van der Waals surface area contributed by atoms with Crippen molar-refractivity contribution in [3.63, 3.8) is 0 Å². The molecule has 2 aliphatic heterocycles. The number of nitrogens with one attached hydrogen (secondary N) is 1. The first-order chi connectivity index (χ1) is 15.3. The molecule has 2 atom stereocenters. The fourth-order valence-electron chi connectivity index (χ4n) is 3.05. The van der Waals surface area contributed by atoms with Crippen LogP contribution in [-0.2, 0) is 14.4 Å². The molecule has 16 heteroatoms. The standard InChI is InChI=1S/C16H12ClN7O5S3/c17-11-6(21-23-32-11)2-1-5-3-30-14-9(13(26)24(14)10(5)15(27)28)20-12(25)8(22-29)7-4-31-16(18)19-7/h1-2,4,9,14,29H,3H2,(H2,18,19)(H,20,25)(H,27,28)/b2-1-,22-8-/t9?,14-/m0/s1. The lowest BCUT2D eigenvalue weighted by Crippen LogP contribution is -2.71. The molecule has 12 nitrogen and oxygen atoms in total.